The summed E-state index contributed by atoms with van der Waals surface area (Å²) >= 11 is 0. The number of hydrogen-bond acceptors (Lipinski definition) is 4. The zero-order chi connectivity index (χ0) is 13.9. The highest BCUT2D eigenvalue weighted by atomic mass is 16.5. The zero-order valence-corrected chi connectivity index (χ0v) is 11.8. The average Bonchev–Trinajstić information content (AvgIpc) is 2.48. The molecule has 0 radical (unpaired) electrons. The van der Waals surface area contributed by atoms with Gasteiger partial charge in [-0.1, -0.05) is 6.07 Å². The number of benzene rings is 1. The van der Waals surface area contributed by atoms with Crippen LogP contribution in [0.25, 0.3) is 0 Å². The van der Waals surface area contributed by atoms with Crippen molar-refractivity contribution in [3.8, 4) is 5.75 Å². The highest BCUT2D eigenvalue weighted by Crippen LogP contribution is 2.29. The number of amides is 1. The summed E-state index contributed by atoms with van der Waals surface area (Å²) in [5.74, 6) is 0.917. The maximum Gasteiger partial charge on any atom is 0.242 e. The summed E-state index contributed by atoms with van der Waals surface area (Å²) in [4.78, 5) is 14.6. The van der Waals surface area contributed by atoms with Crippen LogP contribution in [-0.4, -0.2) is 49.6 Å². The number of fused-ring (bicyclic) bond motifs is 1. The molecule has 108 valence electrons. The van der Waals surface area contributed by atoms with Gasteiger partial charge < -0.3 is 15.4 Å². The van der Waals surface area contributed by atoms with E-state index in [1.165, 1.54) is 5.56 Å². The third kappa shape index (κ3) is 2.64. The van der Waals surface area contributed by atoms with Crippen molar-refractivity contribution in [3.05, 3.63) is 23.8 Å². The first-order valence-corrected chi connectivity index (χ1v) is 7.29. The number of carbonyl (C=O) groups is 1. The molecule has 1 fully saturated rings. The Hall–Kier alpha value is -1.59. The molecule has 1 aromatic rings. The summed E-state index contributed by atoms with van der Waals surface area (Å²) in [5, 5.41) is 6.34. The third-order valence-electron chi connectivity index (χ3n) is 3.96. The predicted molar refractivity (Wildman–Crippen MR) is 78.2 cm³/mol. The Labute approximate surface area is 119 Å². The smallest absolute Gasteiger partial charge is 0.242 e. The van der Waals surface area contributed by atoms with E-state index in [9.17, 15) is 4.79 Å². The molecule has 3 rings (SSSR count). The summed E-state index contributed by atoms with van der Waals surface area (Å²) < 4.78 is 5.48. The summed E-state index contributed by atoms with van der Waals surface area (Å²) in [6.07, 6.45) is 0.785. The van der Waals surface area contributed by atoms with Crippen molar-refractivity contribution in [2.75, 3.05) is 38.1 Å². The first kappa shape index (κ1) is 13.4. The topological polar surface area (TPSA) is 53.6 Å². The van der Waals surface area contributed by atoms with Gasteiger partial charge in [-0.15, -0.1) is 0 Å². The van der Waals surface area contributed by atoms with E-state index in [-0.39, 0.29) is 11.9 Å². The zero-order valence-electron chi connectivity index (χ0n) is 11.8. The van der Waals surface area contributed by atoms with Gasteiger partial charge in [0, 0.05) is 37.9 Å². The molecule has 0 aliphatic carbocycles. The molecule has 5 heteroatoms. The number of piperazine rings is 1. The first-order valence-electron chi connectivity index (χ1n) is 7.29. The molecule has 2 heterocycles. The summed E-state index contributed by atoms with van der Waals surface area (Å²) in [6.45, 7) is 6.38. The lowest BCUT2D eigenvalue weighted by molar-refractivity contribution is -0.121. The van der Waals surface area contributed by atoms with Gasteiger partial charge in [0.2, 0.25) is 5.91 Å². The maximum absolute atomic E-state index is 12.3. The molecule has 1 aromatic carbocycles. The van der Waals surface area contributed by atoms with E-state index in [1.54, 1.807) is 0 Å². The lowest BCUT2D eigenvalue weighted by Crippen LogP contribution is -2.54. The molecule has 1 saturated heterocycles. The quantitative estimate of drug-likeness (QED) is 0.859. The van der Waals surface area contributed by atoms with Crippen LogP contribution >= 0.6 is 0 Å². The van der Waals surface area contributed by atoms with E-state index in [2.05, 4.69) is 21.6 Å². The molecular weight excluding hydrogens is 254 g/mol. The minimum Gasteiger partial charge on any atom is -0.494 e. The van der Waals surface area contributed by atoms with Crippen molar-refractivity contribution in [1.29, 1.82) is 0 Å². The van der Waals surface area contributed by atoms with Gasteiger partial charge in [-0.3, -0.25) is 9.69 Å². The molecule has 0 saturated carbocycles. The SMILES string of the molecule is CCOc1ccc2c(c1)NC(=O)C(N1CCNCC1)C2. The number of ether oxygens (including phenoxy) is 1. The lowest BCUT2D eigenvalue weighted by atomic mass is 9.97. The van der Waals surface area contributed by atoms with E-state index in [1.807, 2.05) is 19.1 Å². The summed E-state index contributed by atoms with van der Waals surface area (Å²) in [6, 6.07) is 5.93. The fourth-order valence-corrected chi connectivity index (χ4v) is 2.91. The van der Waals surface area contributed by atoms with Gasteiger partial charge in [-0.2, -0.15) is 0 Å². The van der Waals surface area contributed by atoms with Gasteiger partial charge >= 0.3 is 0 Å². The highest BCUT2D eigenvalue weighted by molar-refractivity contribution is 5.98. The Morgan fingerprint density at radius 2 is 2.15 bits per heavy atom. The Morgan fingerprint density at radius 3 is 2.90 bits per heavy atom. The molecule has 2 aliphatic rings. The summed E-state index contributed by atoms with van der Waals surface area (Å²) in [5.41, 5.74) is 2.09. The van der Waals surface area contributed by atoms with E-state index >= 15 is 0 Å². The predicted octanol–water partition coefficient (Wildman–Crippen LogP) is 0.854. The van der Waals surface area contributed by atoms with Crippen LogP contribution in [0.2, 0.25) is 0 Å². The second kappa shape index (κ2) is 5.81. The number of anilines is 1. The Kier molecular flexibility index (Phi) is 3.89. The van der Waals surface area contributed by atoms with E-state index in [0.717, 1.165) is 44.0 Å². The van der Waals surface area contributed by atoms with Gasteiger partial charge in [0.1, 0.15) is 5.75 Å². The molecular formula is C15H21N3O2. The second-order valence-electron chi connectivity index (χ2n) is 5.25. The minimum absolute atomic E-state index is 0.0393. The summed E-state index contributed by atoms with van der Waals surface area (Å²) in [7, 11) is 0. The fraction of sp³-hybridized carbons (Fsp3) is 0.533. The molecule has 0 spiro atoms. The fourth-order valence-electron chi connectivity index (χ4n) is 2.91. The molecule has 2 N–H and O–H groups in total. The Morgan fingerprint density at radius 1 is 1.35 bits per heavy atom. The van der Waals surface area contributed by atoms with Crippen molar-refractivity contribution in [2.24, 2.45) is 0 Å². The van der Waals surface area contributed by atoms with E-state index < -0.39 is 0 Å². The third-order valence-corrected chi connectivity index (χ3v) is 3.96. The van der Waals surface area contributed by atoms with Gasteiger partial charge in [0.25, 0.3) is 0 Å². The minimum atomic E-state index is -0.0393. The first-order chi connectivity index (χ1) is 9.78. The lowest BCUT2D eigenvalue weighted by Gasteiger charge is -2.36. The van der Waals surface area contributed by atoms with E-state index in [0.29, 0.717) is 6.61 Å². The van der Waals surface area contributed by atoms with Crippen molar-refractivity contribution in [1.82, 2.24) is 10.2 Å². The van der Waals surface area contributed by atoms with Gasteiger partial charge in [-0.05, 0) is 25.0 Å². The molecule has 20 heavy (non-hydrogen) atoms. The van der Waals surface area contributed by atoms with Crippen LogP contribution in [0.15, 0.2) is 18.2 Å². The molecule has 1 amide bonds. The van der Waals surface area contributed by atoms with Crippen LogP contribution in [0.5, 0.6) is 5.75 Å². The van der Waals surface area contributed by atoms with Crippen LogP contribution in [0.1, 0.15) is 12.5 Å². The molecule has 0 bridgehead atoms. The number of hydrogen-bond donors (Lipinski definition) is 2. The molecule has 1 atom stereocenters. The normalized spacial score (nSPS) is 23.1. The number of rotatable bonds is 3. The van der Waals surface area contributed by atoms with Crippen molar-refractivity contribution in [3.63, 3.8) is 0 Å². The Bertz CT molecular complexity index is 498. The number of nitrogens with one attached hydrogen (secondary N) is 2. The average molecular weight is 275 g/mol. The number of nitrogens with zero attached hydrogens (tertiary/aromatic N) is 1. The van der Waals surface area contributed by atoms with Crippen LogP contribution < -0.4 is 15.4 Å². The maximum atomic E-state index is 12.3. The van der Waals surface area contributed by atoms with Crippen LogP contribution in [0.4, 0.5) is 5.69 Å². The van der Waals surface area contributed by atoms with Gasteiger partial charge in [0.15, 0.2) is 0 Å². The van der Waals surface area contributed by atoms with Crippen molar-refractivity contribution < 1.29 is 9.53 Å². The molecule has 0 aromatic heterocycles. The molecule has 5 nitrogen and oxygen atoms in total. The standard InChI is InChI=1S/C15H21N3O2/c1-2-20-12-4-3-11-9-14(15(19)17-13(11)10-12)18-7-5-16-6-8-18/h3-4,10,14,16H,2,5-9H2,1H3,(H,17,19). The highest BCUT2D eigenvalue weighted by Gasteiger charge is 2.31. The largest absolute Gasteiger partial charge is 0.494 e. The van der Waals surface area contributed by atoms with Crippen LogP contribution in [0, 0.1) is 0 Å². The van der Waals surface area contributed by atoms with Gasteiger partial charge in [-0.25, -0.2) is 0 Å². The van der Waals surface area contributed by atoms with Crippen molar-refractivity contribution >= 4 is 11.6 Å². The van der Waals surface area contributed by atoms with E-state index in [4.69, 9.17) is 4.74 Å². The molecule has 1 unspecified atom stereocenters. The second-order valence-corrected chi connectivity index (χ2v) is 5.25. The van der Waals surface area contributed by atoms with Crippen molar-refractivity contribution in [2.45, 2.75) is 19.4 Å². The number of carbonyl (C=O) groups excluding carboxylic acids is 1. The Balaban J connectivity index is 1.78. The van der Waals surface area contributed by atoms with Crippen LogP contribution in [0.3, 0.4) is 0 Å². The monoisotopic (exact) mass is 275 g/mol. The van der Waals surface area contributed by atoms with Crippen LogP contribution in [-0.2, 0) is 11.2 Å². The van der Waals surface area contributed by atoms with Gasteiger partial charge in [0.05, 0.1) is 12.6 Å². The molecule has 2 aliphatic heterocycles.